The molecule has 1 atom stereocenters. The molecular formula is C10H15ClN2O. The number of nitrogens with zero attached hydrogens (tertiary/aromatic N) is 1. The van der Waals surface area contributed by atoms with E-state index in [0.29, 0.717) is 17.8 Å². The van der Waals surface area contributed by atoms with Crippen molar-refractivity contribution < 1.29 is 4.74 Å². The maximum Gasteiger partial charge on any atom is 0.129 e. The summed E-state index contributed by atoms with van der Waals surface area (Å²) in [6.45, 7) is 3.57. The highest BCUT2D eigenvalue weighted by Gasteiger charge is 2.00. The minimum absolute atomic E-state index is 0.343. The molecule has 1 rings (SSSR count). The molecule has 1 heterocycles. The highest BCUT2D eigenvalue weighted by molar-refractivity contribution is 6.29. The lowest BCUT2D eigenvalue weighted by molar-refractivity contribution is 0.171. The van der Waals surface area contributed by atoms with Gasteiger partial charge in [0.1, 0.15) is 5.15 Å². The van der Waals surface area contributed by atoms with Crippen LogP contribution >= 0.6 is 11.6 Å². The number of nitrogens with one attached hydrogen (secondary N) is 1. The molecule has 0 spiro atoms. The lowest BCUT2D eigenvalue weighted by Crippen LogP contribution is -2.29. The highest BCUT2D eigenvalue weighted by Crippen LogP contribution is 2.04. The van der Waals surface area contributed by atoms with Crippen LogP contribution in [0.4, 0.5) is 0 Å². The SMILES string of the molecule is COCC(C)NCc1ccc(Cl)nc1. The summed E-state index contributed by atoms with van der Waals surface area (Å²) in [5, 5.41) is 3.84. The van der Waals surface area contributed by atoms with Gasteiger partial charge >= 0.3 is 0 Å². The van der Waals surface area contributed by atoms with Gasteiger partial charge in [-0.2, -0.15) is 0 Å². The van der Waals surface area contributed by atoms with Crippen molar-refractivity contribution in [2.24, 2.45) is 0 Å². The maximum atomic E-state index is 5.67. The van der Waals surface area contributed by atoms with Gasteiger partial charge in [0.25, 0.3) is 0 Å². The molecule has 0 aliphatic rings. The van der Waals surface area contributed by atoms with Gasteiger partial charge in [0.2, 0.25) is 0 Å². The molecule has 0 saturated heterocycles. The van der Waals surface area contributed by atoms with E-state index in [2.05, 4.69) is 17.2 Å². The minimum atomic E-state index is 0.343. The Labute approximate surface area is 89.4 Å². The number of halogens is 1. The second-order valence-corrected chi connectivity index (χ2v) is 3.61. The normalized spacial score (nSPS) is 12.8. The van der Waals surface area contributed by atoms with E-state index in [4.69, 9.17) is 16.3 Å². The Morgan fingerprint density at radius 1 is 1.57 bits per heavy atom. The fourth-order valence-corrected chi connectivity index (χ4v) is 1.22. The summed E-state index contributed by atoms with van der Waals surface area (Å²) in [4.78, 5) is 4.00. The van der Waals surface area contributed by atoms with Gasteiger partial charge in [0.15, 0.2) is 0 Å². The zero-order chi connectivity index (χ0) is 10.4. The summed E-state index contributed by atoms with van der Waals surface area (Å²) >= 11 is 5.67. The van der Waals surface area contributed by atoms with Crippen molar-refractivity contribution in [2.75, 3.05) is 13.7 Å². The van der Waals surface area contributed by atoms with Gasteiger partial charge < -0.3 is 10.1 Å². The second-order valence-electron chi connectivity index (χ2n) is 3.23. The van der Waals surface area contributed by atoms with Crippen molar-refractivity contribution in [3.8, 4) is 0 Å². The summed E-state index contributed by atoms with van der Waals surface area (Å²) in [5.41, 5.74) is 1.12. The predicted molar refractivity (Wildman–Crippen MR) is 57.4 cm³/mol. The molecule has 0 radical (unpaired) electrons. The first-order chi connectivity index (χ1) is 6.72. The van der Waals surface area contributed by atoms with Crippen molar-refractivity contribution >= 4 is 11.6 Å². The predicted octanol–water partition coefficient (Wildman–Crippen LogP) is 1.86. The second kappa shape index (κ2) is 5.96. The number of ether oxygens (including phenoxy) is 1. The summed E-state index contributed by atoms with van der Waals surface area (Å²) in [7, 11) is 1.70. The van der Waals surface area contributed by atoms with E-state index in [9.17, 15) is 0 Å². The maximum absolute atomic E-state index is 5.67. The number of hydrogen-bond donors (Lipinski definition) is 1. The average molecular weight is 215 g/mol. The Morgan fingerprint density at radius 3 is 2.93 bits per heavy atom. The molecule has 3 nitrogen and oxygen atoms in total. The molecule has 1 aromatic heterocycles. The van der Waals surface area contributed by atoms with Crippen molar-refractivity contribution in [1.29, 1.82) is 0 Å². The number of aromatic nitrogens is 1. The molecule has 4 heteroatoms. The third-order valence-electron chi connectivity index (χ3n) is 1.86. The number of hydrogen-bond acceptors (Lipinski definition) is 3. The standard InChI is InChI=1S/C10H15ClN2O/c1-8(7-14-2)12-5-9-3-4-10(11)13-6-9/h3-4,6,8,12H,5,7H2,1-2H3. The van der Waals surface area contributed by atoms with Gasteiger partial charge in [-0.05, 0) is 18.6 Å². The molecular weight excluding hydrogens is 200 g/mol. The topological polar surface area (TPSA) is 34.1 Å². The molecule has 0 saturated carbocycles. The fraction of sp³-hybridized carbons (Fsp3) is 0.500. The molecule has 0 amide bonds. The van der Waals surface area contributed by atoms with Crippen molar-refractivity contribution in [3.63, 3.8) is 0 Å². The highest BCUT2D eigenvalue weighted by atomic mass is 35.5. The van der Waals surface area contributed by atoms with E-state index < -0.39 is 0 Å². The Morgan fingerprint density at radius 2 is 2.36 bits per heavy atom. The molecule has 0 bridgehead atoms. The number of rotatable bonds is 5. The largest absolute Gasteiger partial charge is 0.383 e. The first kappa shape index (κ1) is 11.4. The Kier molecular flexibility index (Phi) is 4.87. The summed E-state index contributed by atoms with van der Waals surface area (Å²) < 4.78 is 5.01. The first-order valence-electron chi connectivity index (χ1n) is 4.55. The van der Waals surface area contributed by atoms with Crippen LogP contribution in [0, 0.1) is 0 Å². The van der Waals surface area contributed by atoms with Crippen LogP contribution in [0.3, 0.4) is 0 Å². The Hall–Kier alpha value is -0.640. The zero-order valence-electron chi connectivity index (χ0n) is 8.46. The van der Waals surface area contributed by atoms with Crippen LogP contribution in [0.15, 0.2) is 18.3 Å². The molecule has 78 valence electrons. The monoisotopic (exact) mass is 214 g/mol. The number of pyridine rings is 1. The molecule has 0 aromatic carbocycles. The molecule has 1 N–H and O–H groups in total. The van der Waals surface area contributed by atoms with E-state index >= 15 is 0 Å². The smallest absolute Gasteiger partial charge is 0.129 e. The van der Waals surface area contributed by atoms with Gasteiger partial charge in [0.05, 0.1) is 6.61 Å². The molecule has 0 fully saturated rings. The van der Waals surface area contributed by atoms with Gasteiger partial charge in [0, 0.05) is 25.9 Å². The van der Waals surface area contributed by atoms with Crippen LogP contribution in [-0.4, -0.2) is 24.7 Å². The van der Waals surface area contributed by atoms with Crippen LogP contribution in [0.2, 0.25) is 5.15 Å². The molecule has 14 heavy (non-hydrogen) atoms. The van der Waals surface area contributed by atoms with Crippen LogP contribution < -0.4 is 5.32 Å². The van der Waals surface area contributed by atoms with E-state index in [-0.39, 0.29) is 0 Å². The van der Waals surface area contributed by atoms with Gasteiger partial charge in [-0.3, -0.25) is 0 Å². The van der Waals surface area contributed by atoms with Crippen molar-refractivity contribution in [1.82, 2.24) is 10.3 Å². The van der Waals surface area contributed by atoms with Crippen molar-refractivity contribution in [2.45, 2.75) is 19.5 Å². The lowest BCUT2D eigenvalue weighted by atomic mass is 10.2. The zero-order valence-corrected chi connectivity index (χ0v) is 9.21. The van der Waals surface area contributed by atoms with E-state index in [0.717, 1.165) is 12.1 Å². The van der Waals surface area contributed by atoms with E-state index in [1.165, 1.54) is 0 Å². The number of methoxy groups -OCH3 is 1. The van der Waals surface area contributed by atoms with Gasteiger partial charge in [-0.1, -0.05) is 17.7 Å². The van der Waals surface area contributed by atoms with Gasteiger partial charge in [-0.15, -0.1) is 0 Å². The van der Waals surface area contributed by atoms with Crippen LogP contribution in [0.25, 0.3) is 0 Å². The lowest BCUT2D eigenvalue weighted by Gasteiger charge is -2.12. The van der Waals surface area contributed by atoms with Crippen LogP contribution in [0.5, 0.6) is 0 Å². The average Bonchev–Trinajstić information content (AvgIpc) is 2.17. The fourth-order valence-electron chi connectivity index (χ4n) is 1.11. The molecule has 1 unspecified atom stereocenters. The van der Waals surface area contributed by atoms with E-state index in [1.54, 1.807) is 19.4 Å². The Balaban J connectivity index is 2.34. The van der Waals surface area contributed by atoms with Crippen LogP contribution in [-0.2, 0) is 11.3 Å². The third-order valence-corrected chi connectivity index (χ3v) is 2.08. The van der Waals surface area contributed by atoms with Crippen LogP contribution in [0.1, 0.15) is 12.5 Å². The quantitative estimate of drug-likeness (QED) is 0.760. The summed E-state index contributed by atoms with van der Waals surface area (Å²) in [6.07, 6.45) is 1.77. The van der Waals surface area contributed by atoms with Gasteiger partial charge in [-0.25, -0.2) is 4.98 Å². The summed E-state index contributed by atoms with van der Waals surface area (Å²) in [6, 6.07) is 4.09. The minimum Gasteiger partial charge on any atom is -0.383 e. The van der Waals surface area contributed by atoms with Crippen molar-refractivity contribution in [3.05, 3.63) is 29.0 Å². The molecule has 1 aromatic rings. The molecule has 0 aliphatic heterocycles. The summed E-state index contributed by atoms with van der Waals surface area (Å²) in [5.74, 6) is 0. The molecule has 0 aliphatic carbocycles. The third kappa shape index (κ3) is 4.05. The van der Waals surface area contributed by atoms with E-state index in [1.807, 2.05) is 6.07 Å². The Bertz CT molecular complexity index is 263. The first-order valence-corrected chi connectivity index (χ1v) is 4.93.